The second-order valence-corrected chi connectivity index (χ2v) is 4.54. The van der Waals surface area contributed by atoms with Gasteiger partial charge in [0.2, 0.25) is 17.7 Å². The number of benzene rings is 1. The largest absolute Gasteiger partial charge is 0.419 e. The first-order chi connectivity index (χ1) is 9.83. The van der Waals surface area contributed by atoms with Gasteiger partial charge in [-0.1, -0.05) is 18.2 Å². The molecule has 0 atom stereocenters. The number of nitrogens with zero attached hydrogens (tertiary/aromatic N) is 3. The molecule has 0 unspecified atom stereocenters. The Hall–Kier alpha value is -2.21. The summed E-state index contributed by atoms with van der Waals surface area (Å²) >= 11 is 0. The number of rotatable bonds is 3. The fourth-order valence-corrected chi connectivity index (χ4v) is 2.06. The Morgan fingerprint density at radius 1 is 1.15 bits per heavy atom. The minimum absolute atomic E-state index is 0.0574. The predicted molar refractivity (Wildman–Crippen MR) is 70.6 cm³/mol. The molecule has 0 bridgehead atoms. The monoisotopic (exact) mass is 273 g/mol. The molecule has 6 nitrogen and oxygen atoms in total. The highest BCUT2D eigenvalue weighted by atomic mass is 16.5. The Morgan fingerprint density at radius 2 is 2.00 bits per heavy atom. The number of aromatic nitrogens is 2. The molecule has 0 N–H and O–H groups in total. The van der Waals surface area contributed by atoms with Crippen LogP contribution in [0.5, 0.6) is 0 Å². The van der Waals surface area contributed by atoms with Gasteiger partial charge in [-0.15, -0.1) is 10.2 Å². The van der Waals surface area contributed by atoms with Crippen LogP contribution in [0.3, 0.4) is 0 Å². The Kier molecular flexibility index (Phi) is 3.73. The van der Waals surface area contributed by atoms with Crippen molar-refractivity contribution >= 4 is 5.91 Å². The zero-order valence-electron chi connectivity index (χ0n) is 11.0. The molecule has 2 heterocycles. The average molecular weight is 273 g/mol. The maximum absolute atomic E-state index is 11.9. The SMILES string of the molecule is O=C1CCOCCN1Cc1nnc(-c2ccccc2)o1. The van der Waals surface area contributed by atoms with Crippen LogP contribution in [0.1, 0.15) is 12.3 Å². The van der Waals surface area contributed by atoms with Crippen LogP contribution in [0.25, 0.3) is 11.5 Å². The van der Waals surface area contributed by atoms with Gasteiger partial charge in [-0.3, -0.25) is 4.79 Å². The van der Waals surface area contributed by atoms with E-state index in [0.29, 0.717) is 44.5 Å². The van der Waals surface area contributed by atoms with E-state index in [1.807, 2.05) is 30.3 Å². The topological polar surface area (TPSA) is 68.5 Å². The van der Waals surface area contributed by atoms with Crippen LogP contribution in [0, 0.1) is 0 Å². The normalized spacial score (nSPS) is 16.2. The van der Waals surface area contributed by atoms with E-state index in [9.17, 15) is 4.79 Å². The quantitative estimate of drug-likeness (QED) is 0.847. The van der Waals surface area contributed by atoms with Crippen molar-refractivity contribution in [2.45, 2.75) is 13.0 Å². The third kappa shape index (κ3) is 2.85. The molecule has 1 saturated heterocycles. The van der Waals surface area contributed by atoms with Gasteiger partial charge in [0.15, 0.2) is 0 Å². The highest BCUT2D eigenvalue weighted by Gasteiger charge is 2.19. The maximum Gasteiger partial charge on any atom is 0.247 e. The third-order valence-electron chi connectivity index (χ3n) is 3.13. The smallest absolute Gasteiger partial charge is 0.247 e. The molecule has 104 valence electrons. The number of amides is 1. The first kappa shape index (κ1) is 12.8. The third-order valence-corrected chi connectivity index (χ3v) is 3.13. The van der Waals surface area contributed by atoms with Crippen LogP contribution >= 0.6 is 0 Å². The molecule has 0 aliphatic carbocycles. The first-order valence-corrected chi connectivity index (χ1v) is 6.56. The number of ether oxygens (including phenoxy) is 1. The standard InChI is InChI=1S/C14H15N3O3/c18-13-6-8-19-9-7-17(13)10-12-15-16-14(20-12)11-4-2-1-3-5-11/h1-5H,6-10H2. The Balaban J connectivity index is 1.72. The first-order valence-electron chi connectivity index (χ1n) is 6.56. The van der Waals surface area contributed by atoms with Gasteiger partial charge >= 0.3 is 0 Å². The van der Waals surface area contributed by atoms with E-state index in [-0.39, 0.29) is 5.91 Å². The summed E-state index contributed by atoms with van der Waals surface area (Å²) in [6.07, 6.45) is 0.402. The van der Waals surface area contributed by atoms with Crippen molar-refractivity contribution in [3.8, 4) is 11.5 Å². The maximum atomic E-state index is 11.9. The van der Waals surface area contributed by atoms with Crippen molar-refractivity contribution in [3.05, 3.63) is 36.2 Å². The molecular weight excluding hydrogens is 258 g/mol. The van der Waals surface area contributed by atoms with E-state index < -0.39 is 0 Å². The van der Waals surface area contributed by atoms with Crippen molar-refractivity contribution in [1.29, 1.82) is 0 Å². The summed E-state index contributed by atoms with van der Waals surface area (Å²) in [7, 11) is 0. The number of hydrogen-bond acceptors (Lipinski definition) is 5. The van der Waals surface area contributed by atoms with Crippen molar-refractivity contribution in [1.82, 2.24) is 15.1 Å². The minimum atomic E-state index is 0.0574. The van der Waals surface area contributed by atoms with Crippen LogP contribution in [0.15, 0.2) is 34.7 Å². The van der Waals surface area contributed by atoms with E-state index in [1.165, 1.54) is 0 Å². The molecular formula is C14H15N3O3. The highest BCUT2D eigenvalue weighted by molar-refractivity contribution is 5.76. The molecule has 1 fully saturated rings. The van der Waals surface area contributed by atoms with Crippen LogP contribution in [-0.2, 0) is 16.1 Å². The summed E-state index contributed by atoms with van der Waals surface area (Å²) in [5.74, 6) is 0.972. The Labute approximate surface area is 116 Å². The van der Waals surface area contributed by atoms with Gasteiger partial charge in [-0.2, -0.15) is 0 Å². The Bertz CT molecular complexity index is 582. The summed E-state index contributed by atoms with van der Waals surface area (Å²) in [5, 5.41) is 8.01. The fourth-order valence-electron chi connectivity index (χ4n) is 2.06. The van der Waals surface area contributed by atoms with Gasteiger partial charge in [-0.05, 0) is 12.1 Å². The molecule has 2 aromatic rings. The van der Waals surface area contributed by atoms with Gasteiger partial charge in [0.1, 0.15) is 0 Å². The lowest BCUT2D eigenvalue weighted by molar-refractivity contribution is -0.131. The second-order valence-electron chi connectivity index (χ2n) is 4.54. The lowest BCUT2D eigenvalue weighted by Gasteiger charge is -2.16. The number of carbonyl (C=O) groups excluding carboxylic acids is 1. The summed E-state index contributed by atoms with van der Waals surface area (Å²) in [6.45, 7) is 1.92. The number of hydrogen-bond donors (Lipinski definition) is 0. The molecule has 1 aromatic heterocycles. The van der Waals surface area contributed by atoms with E-state index in [0.717, 1.165) is 5.56 Å². The molecule has 1 aromatic carbocycles. The molecule has 0 saturated carbocycles. The van der Waals surface area contributed by atoms with E-state index in [1.54, 1.807) is 4.90 Å². The zero-order chi connectivity index (χ0) is 13.8. The van der Waals surface area contributed by atoms with Crippen molar-refractivity contribution in [2.24, 2.45) is 0 Å². The predicted octanol–water partition coefficient (Wildman–Crippen LogP) is 1.49. The average Bonchev–Trinajstić information content (AvgIpc) is 2.86. The molecule has 1 aliphatic heterocycles. The molecule has 3 rings (SSSR count). The lowest BCUT2D eigenvalue weighted by Crippen LogP contribution is -2.31. The molecule has 20 heavy (non-hydrogen) atoms. The Morgan fingerprint density at radius 3 is 2.85 bits per heavy atom. The minimum Gasteiger partial charge on any atom is -0.419 e. The van der Waals surface area contributed by atoms with Crippen LogP contribution in [0.4, 0.5) is 0 Å². The lowest BCUT2D eigenvalue weighted by atomic mass is 10.2. The molecule has 6 heteroatoms. The fraction of sp³-hybridized carbons (Fsp3) is 0.357. The van der Waals surface area contributed by atoms with Crippen LogP contribution in [-0.4, -0.2) is 40.8 Å². The van der Waals surface area contributed by atoms with Gasteiger partial charge in [-0.25, -0.2) is 0 Å². The molecule has 1 amide bonds. The van der Waals surface area contributed by atoms with E-state index in [4.69, 9.17) is 9.15 Å². The van der Waals surface area contributed by atoms with Gasteiger partial charge in [0.05, 0.1) is 26.2 Å². The molecule has 0 spiro atoms. The van der Waals surface area contributed by atoms with Crippen molar-refractivity contribution < 1.29 is 13.9 Å². The van der Waals surface area contributed by atoms with Gasteiger partial charge in [0, 0.05) is 12.1 Å². The van der Waals surface area contributed by atoms with Gasteiger partial charge in [0.25, 0.3) is 0 Å². The number of carbonyl (C=O) groups is 1. The van der Waals surface area contributed by atoms with Crippen molar-refractivity contribution in [2.75, 3.05) is 19.8 Å². The summed E-state index contributed by atoms with van der Waals surface area (Å²) < 4.78 is 10.9. The van der Waals surface area contributed by atoms with E-state index in [2.05, 4.69) is 10.2 Å². The van der Waals surface area contributed by atoms with Crippen LogP contribution < -0.4 is 0 Å². The molecule has 0 radical (unpaired) electrons. The van der Waals surface area contributed by atoms with Gasteiger partial charge < -0.3 is 14.1 Å². The highest BCUT2D eigenvalue weighted by Crippen LogP contribution is 2.18. The summed E-state index contributed by atoms with van der Waals surface area (Å²) in [4.78, 5) is 13.5. The summed E-state index contributed by atoms with van der Waals surface area (Å²) in [6, 6.07) is 9.56. The van der Waals surface area contributed by atoms with E-state index >= 15 is 0 Å². The second kappa shape index (κ2) is 5.83. The summed E-state index contributed by atoms with van der Waals surface area (Å²) in [5.41, 5.74) is 0.872. The van der Waals surface area contributed by atoms with Crippen molar-refractivity contribution in [3.63, 3.8) is 0 Å². The van der Waals surface area contributed by atoms with Crippen LogP contribution in [0.2, 0.25) is 0 Å². The zero-order valence-corrected chi connectivity index (χ0v) is 11.0. The molecule has 1 aliphatic rings.